The number of aliphatic hydroxyl groups is 2. The highest BCUT2D eigenvalue weighted by Gasteiger charge is 2.18. The van der Waals surface area contributed by atoms with E-state index < -0.39 is 12.1 Å². The molecule has 4 nitrogen and oxygen atoms in total. The third kappa shape index (κ3) is 52.7. The second-order valence-corrected chi connectivity index (χ2v) is 19.3. The quantitative estimate of drug-likeness (QED) is 0.0421. The van der Waals surface area contributed by atoms with E-state index in [1.807, 2.05) is 6.08 Å². The fraction of sp³-hybridized carbons (Fsp3) is 0.787. The SMILES string of the molecule is CCCCCCC/C=C\C/C=C\C/C=C\CCCCCCCCCCCCC(=O)NC(CO)C(O)/C=C/CC/C=C/CC/C=C/CCCCCCCCCCCCCCCCCCCC. The van der Waals surface area contributed by atoms with E-state index in [-0.39, 0.29) is 12.5 Å². The van der Waals surface area contributed by atoms with Crippen LogP contribution >= 0.6 is 0 Å². The van der Waals surface area contributed by atoms with E-state index in [4.69, 9.17) is 0 Å². The average Bonchev–Trinajstić information content (AvgIpc) is 3.31. The van der Waals surface area contributed by atoms with Crippen molar-refractivity contribution in [1.29, 1.82) is 0 Å². The highest BCUT2D eigenvalue weighted by molar-refractivity contribution is 5.76. The van der Waals surface area contributed by atoms with Gasteiger partial charge in [-0.25, -0.2) is 0 Å². The number of hydrogen-bond acceptors (Lipinski definition) is 3. The number of rotatable bonds is 52. The van der Waals surface area contributed by atoms with Gasteiger partial charge in [-0.05, 0) is 83.5 Å². The topological polar surface area (TPSA) is 69.6 Å². The van der Waals surface area contributed by atoms with Gasteiger partial charge in [0.2, 0.25) is 5.91 Å². The third-order valence-corrected chi connectivity index (χ3v) is 12.9. The molecule has 3 N–H and O–H groups in total. The fourth-order valence-corrected chi connectivity index (χ4v) is 8.51. The number of amides is 1. The molecule has 0 spiro atoms. The van der Waals surface area contributed by atoms with Gasteiger partial charge in [0.25, 0.3) is 0 Å². The Balaban J connectivity index is 3.59. The molecular weight excluding hydrogens is 795 g/mol. The number of carbonyl (C=O) groups is 1. The molecule has 2 atom stereocenters. The Morgan fingerprint density at radius 1 is 0.369 bits per heavy atom. The molecule has 0 aliphatic rings. The van der Waals surface area contributed by atoms with E-state index in [2.05, 4.69) is 79.9 Å². The lowest BCUT2D eigenvalue weighted by atomic mass is 10.0. The highest BCUT2D eigenvalue weighted by Crippen LogP contribution is 2.16. The van der Waals surface area contributed by atoms with Gasteiger partial charge in [0.15, 0.2) is 0 Å². The van der Waals surface area contributed by atoms with E-state index in [1.54, 1.807) is 6.08 Å². The van der Waals surface area contributed by atoms with Crippen LogP contribution < -0.4 is 5.32 Å². The zero-order valence-corrected chi connectivity index (χ0v) is 43.5. The molecule has 0 rings (SSSR count). The van der Waals surface area contributed by atoms with Gasteiger partial charge in [-0.1, -0.05) is 273 Å². The van der Waals surface area contributed by atoms with Crippen LogP contribution in [0.1, 0.15) is 290 Å². The molecule has 0 aliphatic heterocycles. The Bertz CT molecular complexity index is 1120. The summed E-state index contributed by atoms with van der Waals surface area (Å²) in [5.41, 5.74) is 0. The largest absolute Gasteiger partial charge is 0.394 e. The third-order valence-electron chi connectivity index (χ3n) is 12.9. The van der Waals surface area contributed by atoms with Gasteiger partial charge in [0, 0.05) is 6.42 Å². The highest BCUT2D eigenvalue weighted by atomic mass is 16.3. The van der Waals surface area contributed by atoms with Crippen molar-refractivity contribution >= 4 is 5.91 Å². The van der Waals surface area contributed by atoms with Crippen molar-refractivity contribution in [2.45, 2.75) is 302 Å². The maximum atomic E-state index is 12.5. The van der Waals surface area contributed by atoms with E-state index in [1.165, 1.54) is 218 Å². The predicted octanol–water partition coefficient (Wildman–Crippen LogP) is 19.0. The molecule has 0 aliphatic carbocycles. The van der Waals surface area contributed by atoms with E-state index in [0.29, 0.717) is 6.42 Å². The van der Waals surface area contributed by atoms with Crippen LogP contribution in [0.15, 0.2) is 72.9 Å². The smallest absolute Gasteiger partial charge is 0.220 e. The Labute approximate surface area is 406 Å². The maximum absolute atomic E-state index is 12.5. The van der Waals surface area contributed by atoms with Crippen LogP contribution in [0.4, 0.5) is 0 Å². The lowest BCUT2D eigenvalue weighted by Crippen LogP contribution is -2.45. The van der Waals surface area contributed by atoms with Gasteiger partial charge >= 0.3 is 0 Å². The van der Waals surface area contributed by atoms with Crippen LogP contribution in [0.3, 0.4) is 0 Å². The number of allylic oxidation sites excluding steroid dienone is 11. The van der Waals surface area contributed by atoms with Crippen LogP contribution in [0.2, 0.25) is 0 Å². The second-order valence-electron chi connectivity index (χ2n) is 19.3. The molecule has 0 saturated heterocycles. The molecule has 4 heteroatoms. The van der Waals surface area contributed by atoms with Crippen molar-refractivity contribution in [1.82, 2.24) is 5.32 Å². The van der Waals surface area contributed by atoms with E-state index in [0.717, 1.165) is 51.4 Å². The van der Waals surface area contributed by atoms with Crippen LogP contribution in [-0.4, -0.2) is 34.9 Å². The molecule has 0 heterocycles. The molecule has 0 aromatic carbocycles. The summed E-state index contributed by atoms with van der Waals surface area (Å²) in [5, 5.41) is 23.1. The first-order valence-electron chi connectivity index (χ1n) is 28.7. The van der Waals surface area contributed by atoms with Gasteiger partial charge in [0.1, 0.15) is 0 Å². The minimum atomic E-state index is -0.877. The molecule has 0 aromatic heterocycles. The first-order valence-corrected chi connectivity index (χ1v) is 28.7. The van der Waals surface area contributed by atoms with Gasteiger partial charge in [-0.3, -0.25) is 4.79 Å². The second kappa shape index (κ2) is 56.2. The molecule has 0 fully saturated rings. The Hall–Kier alpha value is -2.17. The molecule has 378 valence electrons. The minimum absolute atomic E-state index is 0.0818. The first-order chi connectivity index (χ1) is 32.2. The van der Waals surface area contributed by atoms with Crippen LogP contribution in [-0.2, 0) is 4.79 Å². The molecule has 0 aromatic rings. The van der Waals surface area contributed by atoms with Crippen molar-refractivity contribution in [2.75, 3.05) is 6.61 Å². The number of hydrogen-bond donors (Lipinski definition) is 3. The van der Waals surface area contributed by atoms with E-state index >= 15 is 0 Å². The van der Waals surface area contributed by atoms with Gasteiger partial charge < -0.3 is 15.5 Å². The average molecular weight is 907 g/mol. The summed E-state index contributed by atoms with van der Waals surface area (Å²) in [7, 11) is 0. The molecule has 65 heavy (non-hydrogen) atoms. The van der Waals surface area contributed by atoms with Crippen molar-refractivity contribution in [3.05, 3.63) is 72.9 Å². The van der Waals surface area contributed by atoms with Crippen molar-refractivity contribution in [3.63, 3.8) is 0 Å². The summed E-state index contributed by atoms with van der Waals surface area (Å²) < 4.78 is 0. The molecule has 0 radical (unpaired) electrons. The fourth-order valence-electron chi connectivity index (χ4n) is 8.51. The number of nitrogens with one attached hydrogen (secondary N) is 1. The van der Waals surface area contributed by atoms with Gasteiger partial charge in [0.05, 0.1) is 18.8 Å². The Kier molecular flexibility index (Phi) is 54.3. The van der Waals surface area contributed by atoms with Crippen molar-refractivity contribution in [3.8, 4) is 0 Å². The summed E-state index contributed by atoms with van der Waals surface area (Å²) >= 11 is 0. The summed E-state index contributed by atoms with van der Waals surface area (Å²) in [6.07, 6.45) is 80.7. The van der Waals surface area contributed by atoms with Crippen LogP contribution in [0.25, 0.3) is 0 Å². The number of carbonyl (C=O) groups excluding carboxylic acids is 1. The Morgan fingerprint density at radius 3 is 1.00 bits per heavy atom. The summed E-state index contributed by atoms with van der Waals surface area (Å²) in [4.78, 5) is 12.5. The van der Waals surface area contributed by atoms with Crippen LogP contribution in [0.5, 0.6) is 0 Å². The number of unbranched alkanes of at least 4 members (excludes halogenated alkanes) is 35. The monoisotopic (exact) mass is 906 g/mol. The normalized spacial score (nSPS) is 13.4. The predicted molar refractivity (Wildman–Crippen MR) is 290 cm³/mol. The summed E-state index contributed by atoms with van der Waals surface area (Å²) in [6, 6.07) is -0.653. The standard InChI is InChI=1S/C61H111NO3/c1-3-5-7-9-11-13-15-17-19-21-23-25-27-29-30-31-33-34-36-38-40-42-44-46-48-50-52-54-56-60(64)59(58-63)62-61(65)57-55-53-51-49-47-45-43-41-39-37-35-32-28-26-24-22-20-18-16-14-12-10-8-6-4-2/h16,18,22,24,28,32,38,40,46,48,54,56,59-60,63-64H,3-15,17,19-21,23,25-27,29-31,33-37,39,41-45,47,49-53,55,57-58H2,1-2H3,(H,62,65)/b18-16-,24-22-,32-28-,40-38+,48-46+,56-54+. The van der Waals surface area contributed by atoms with Crippen molar-refractivity contribution < 1.29 is 15.0 Å². The lowest BCUT2D eigenvalue weighted by Gasteiger charge is -2.19. The van der Waals surface area contributed by atoms with Gasteiger partial charge in [-0.15, -0.1) is 0 Å². The van der Waals surface area contributed by atoms with Crippen LogP contribution in [0, 0.1) is 0 Å². The zero-order valence-electron chi connectivity index (χ0n) is 43.5. The Morgan fingerprint density at radius 2 is 0.646 bits per heavy atom. The first kappa shape index (κ1) is 62.8. The molecule has 0 saturated carbocycles. The molecule has 1 amide bonds. The summed E-state index contributed by atoms with van der Waals surface area (Å²) in [5.74, 6) is -0.0818. The molecule has 0 bridgehead atoms. The van der Waals surface area contributed by atoms with Gasteiger partial charge in [-0.2, -0.15) is 0 Å². The maximum Gasteiger partial charge on any atom is 0.220 e. The lowest BCUT2D eigenvalue weighted by molar-refractivity contribution is -0.123. The molecular formula is C61H111NO3. The zero-order chi connectivity index (χ0) is 47.0. The number of aliphatic hydroxyl groups excluding tert-OH is 2. The van der Waals surface area contributed by atoms with E-state index in [9.17, 15) is 15.0 Å². The molecule has 2 unspecified atom stereocenters. The minimum Gasteiger partial charge on any atom is -0.394 e. The van der Waals surface area contributed by atoms with Crippen molar-refractivity contribution in [2.24, 2.45) is 0 Å². The summed E-state index contributed by atoms with van der Waals surface area (Å²) in [6.45, 7) is 4.30.